The van der Waals surface area contributed by atoms with Gasteiger partial charge in [-0.2, -0.15) is 5.10 Å². The van der Waals surface area contributed by atoms with E-state index in [1.54, 1.807) is 17.6 Å². The normalized spacial score (nSPS) is 10.5. The average molecular weight is 174 g/mol. The molecule has 2 heterocycles. The number of carbonyl (C=O) groups excluding carboxylic acids is 1. The van der Waals surface area contributed by atoms with Crippen LogP contribution in [0.4, 0.5) is 0 Å². The van der Waals surface area contributed by atoms with Crippen molar-refractivity contribution in [3.05, 3.63) is 36.2 Å². The topological polar surface area (TPSA) is 34.4 Å². The molecule has 0 amide bonds. The van der Waals surface area contributed by atoms with Crippen LogP contribution in [-0.4, -0.2) is 15.4 Å². The smallest absolute Gasteiger partial charge is 0.134 e. The fraction of sp³-hybridized carbons (Fsp3) is 0.200. The summed E-state index contributed by atoms with van der Waals surface area (Å²) >= 11 is 0. The van der Waals surface area contributed by atoms with E-state index in [0.717, 1.165) is 11.1 Å². The maximum atomic E-state index is 10.9. The Morgan fingerprint density at radius 2 is 2.38 bits per heavy atom. The Balaban J connectivity index is 2.51. The third-order valence-electron chi connectivity index (χ3n) is 1.95. The first-order valence-electron chi connectivity index (χ1n) is 4.18. The first-order chi connectivity index (χ1) is 6.27. The van der Waals surface area contributed by atoms with E-state index in [-0.39, 0.29) is 5.78 Å². The van der Waals surface area contributed by atoms with Crippen LogP contribution in [0.5, 0.6) is 0 Å². The SMILES string of the molecule is CC(=O)Cc1cnn2ccccc12. The van der Waals surface area contributed by atoms with Gasteiger partial charge >= 0.3 is 0 Å². The molecule has 2 aromatic heterocycles. The summed E-state index contributed by atoms with van der Waals surface area (Å²) in [7, 11) is 0. The quantitative estimate of drug-likeness (QED) is 0.690. The third kappa shape index (κ3) is 1.45. The van der Waals surface area contributed by atoms with Gasteiger partial charge in [0, 0.05) is 18.2 Å². The summed E-state index contributed by atoms with van der Waals surface area (Å²) in [6.07, 6.45) is 4.09. The Morgan fingerprint density at radius 1 is 1.54 bits per heavy atom. The second-order valence-electron chi connectivity index (χ2n) is 3.08. The highest BCUT2D eigenvalue weighted by Crippen LogP contribution is 2.10. The molecule has 0 aliphatic rings. The number of fused-ring (bicyclic) bond motifs is 1. The average Bonchev–Trinajstić information content (AvgIpc) is 2.48. The summed E-state index contributed by atoms with van der Waals surface area (Å²) in [5.74, 6) is 0.166. The Labute approximate surface area is 76.0 Å². The molecular formula is C10H10N2O. The maximum Gasteiger partial charge on any atom is 0.134 e. The van der Waals surface area contributed by atoms with Crippen molar-refractivity contribution in [2.45, 2.75) is 13.3 Å². The zero-order valence-electron chi connectivity index (χ0n) is 7.40. The van der Waals surface area contributed by atoms with Crippen molar-refractivity contribution in [1.82, 2.24) is 9.61 Å². The van der Waals surface area contributed by atoms with Crippen molar-refractivity contribution in [1.29, 1.82) is 0 Å². The number of Topliss-reactive ketones (excluding diaryl/α,β-unsaturated/α-hetero) is 1. The lowest BCUT2D eigenvalue weighted by atomic mass is 10.1. The number of hydrogen-bond acceptors (Lipinski definition) is 2. The molecule has 3 nitrogen and oxygen atoms in total. The molecule has 3 heteroatoms. The van der Waals surface area contributed by atoms with Crippen LogP contribution in [0, 0.1) is 0 Å². The van der Waals surface area contributed by atoms with Crippen LogP contribution in [0.3, 0.4) is 0 Å². The predicted molar refractivity (Wildman–Crippen MR) is 49.6 cm³/mol. The van der Waals surface area contributed by atoms with Crippen LogP contribution >= 0.6 is 0 Å². The van der Waals surface area contributed by atoms with Crippen molar-refractivity contribution in [2.75, 3.05) is 0 Å². The Hall–Kier alpha value is -1.64. The van der Waals surface area contributed by atoms with E-state index in [4.69, 9.17) is 0 Å². The summed E-state index contributed by atoms with van der Waals surface area (Å²) in [5.41, 5.74) is 2.01. The fourth-order valence-corrected chi connectivity index (χ4v) is 1.39. The lowest BCUT2D eigenvalue weighted by Gasteiger charge is -1.94. The van der Waals surface area contributed by atoms with Crippen LogP contribution in [0.15, 0.2) is 30.6 Å². The molecule has 0 spiro atoms. The molecule has 0 unspecified atom stereocenters. The van der Waals surface area contributed by atoms with Crippen molar-refractivity contribution in [3.63, 3.8) is 0 Å². The lowest BCUT2D eigenvalue weighted by molar-refractivity contribution is -0.116. The van der Waals surface area contributed by atoms with Gasteiger partial charge in [0.15, 0.2) is 0 Å². The van der Waals surface area contributed by atoms with Gasteiger partial charge in [-0.1, -0.05) is 6.07 Å². The number of hydrogen-bond donors (Lipinski definition) is 0. The number of carbonyl (C=O) groups is 1. The van der Waals surface area contributed by atoms with E-state index in [9.17, 15) is 4.79 Å². The minimum Gasteiger partial charge on any atom is -0.300 e. The molecule has 2 aromatic rings. The molecule has 2 rings (SSSR count). The summed E-state index contributed by atoms with van der Waals surface area (Å²) < 4.78 is 1.78. The minimum absolute atomic E-state index is 0.166. The molecule has 0 saturated carbocycles. The standard InChI is InChI=1S/C10H10N2O/c1-8(13)6-9-7-11-12-5-3-2-4-10(9)12/h2-5,7H,6H2,1H3. The van der Waals surface area contributed by atoms with Crippen molar-refractivity contribution in [3.8, 4) is 0 Å². The fourth-order valence-electron chi connectivity index (χ4n) is 1.39. The molecule has 0 radical (unpaired) electrons. The molecule has 0 aromatic carbocycles. The molecule has 66 valence electrons. The Bertz CT molecular complexity index is 445. The Kier molecular flexibility index (Phi) is 1.85. The van der Waals surface area contributed by atoms with Crippen LogP contribution in [0.25, 0.3) is 5.52 Å². The first-order valence-corrected chi connectivity index (χ1v) is 4.18. The molecule has 0 saturated heterocycles. The number of pyridine rings is 1. The van der Waals surface area contributed by atoms with E-state index >= 15 is 0 Å². The summed E-state index contributed by atoms with van der Waals surface area (Å²) in [6, 6.07) is 5.82. The van der Waals surface area contributed by atoms with Crippen LogP contribution in [0.2, 0.25) is 0 Å². The van der Waals surface area contributed by atoms with Gasteiger partial charge in [-0.05, 0) is 19.1 Å². The van der Waals surface area contributed by atoms with Crippen molar-refractivity contribution in [2.24, 2.45) is 0 Å². The van der Waals surface area contributed by atoms with Gasteiger partial charge in [0.05, 0.1) is 11.7 Å². The highest BCUT2D eigenvalue weighted by Gasteiger charge is 2.04. The summed E-state index contributed by atoms with van der Waals surface area (Å²) in [5, 5.41) is 4.14. The minimum atomic E-state index is 0.166. The first kappa shape index (κ1) is 7.98. The molecular weight excluding hydrogens is 164 g/mol. The zero-order valence-corrected chi connectivity index (χ0v) is 7.40. The van der Waals surface area contributed by atoms with Crippen LogP contribution in [0.1, 0.15) is 12.5 Å². The predicted octanol–water partition coefficient (Wildman–Crippen LogP) is 1.47. The van der Waals surface area contributed by atoms with Crippen LogP contribution < -0.4 is 0 Å². The molecule has 13 heavy (non-hydrogen) atoms. The molecule has 0 N–H and O–H groups in total. The number of nitrogens with zero attached hydrogens (tertiary/aromatic N) is 2. The molecule has 0 bridgehead atoms. The van der Waals surface area contributed by atoms with Gasteiger partial charge in [0.1, 0.15) is 5.78 Å². The summed E-state index contributed by atoms with van der Waals surface area (Å²) in [6.45, 7) is 1.59. The molecule has 0 aliphatic heterocycles. The summed E-state index contributed by atoms with van der Waals surface area (Å²) in [4.78, 5) is 10.9. The largest absolute Gasteiger partial charge is 0.300 e. The van der Waals surface area contributed by atoms with E-state index in [1.807, 2.05) is 24.4 Å². The van der Waals surface area contributed by atoms with Gasteiger partial charge in [0.25, 0.3) is 0 Å². The van der Waals surface area contributed by atoms with Gasteiger partial charge in [-0.3, -0.25) is 4.79 Å². The van der Waals surface area contributed by atoms with Crippen molar-refractivity contribution < 1.29 is 4.79 Å². The Morgan fingerprint density at radius 3 is 3.15 bits per heavy atom. The molecule has 0 atom stereocenters. The number of rotatable bonds is 2. The van der Waals surface area contributed by atoms with Crippen molar-refractivity contribution >= 4 is 11.3 Å². The van der Waals surface area contributed by atoms with E-state index in [1.165, 1.54) is 0 Å². The zero-order chi connectivity index (χ0) is 9.26. The number of ketones is 1. The second kappa shape index (κ2) is 3.01. The maximum absolute atomic E-state index is 10.9. The number of aromatic nitrogens is 2. The van der Waals surface area contributed by atoms with E-state index in [2.05, 4.69) is 5.10 Å². The highest BCUT2D eigenvalue weighted by molar-refractivity contribution is 5.80. The van der Waals surface area contributed by atoms with Gasteiger partial charge < -0.3 is 0 Å². The lowest BCUT2D eigenvalue weighted by Crippen LogP contribution is -1.95. The molecule has 0 fully saturated rings. The third-order valence-corrected chi connectivity index (χ3v) is 1.95. The van der Waals surface area contributed by atoms with Gasteiger partial charge in [0.2, 0.25) is 0 Å². The van der Waals surface area contributed by atoms with Gasteiger partial charge in [-0.25, -0.2) is 4.52 Å². The van der Waals surface area contributed by atoms with Crippen LogP contribution in [-0.2, 0) is 11.2 Å². The second-order valence-corrected chi connectivity index (χ2v) is 3.08. The van der Waals surface area contributed by atoms with Gasteiger partial charge in [-0.15, -0.1) is 0 Å². The van der Waals surface area contributed by atoms with E-state index < -0.39 is 0 Å². The van der Waals surface area contributed by atoms with E-state index in [0.29, 0.717) is 6.42 Å². The molecule has 0 aliphatic carbocycles. The monoisotopic (exact) mass is 174 g/mol. The highest BCUT2D eigenvalue weighted by atomic mass is 16.1.